The first-order valence-electron chi connectivity index (χ1n) is 4.36. The van der Waals surface area contributed by atoms with Crippen molar-refractivity contribution in [1.29, 1.82) is 0 Å². The normalized spacial score (nSPS) is 8.67. The van der Waals surface area contributed by atoms with Crippen LogP contribution in [0.4, 0.5) is 11.4 Å². The molecule has 0 aliphatic heterocycles. The highest BCUT2D eigenvalue weighted by Crippen LogP contribution is 2.18. The minimum atomic E-state index is -0.777. The van der Waals surface area contributed by atoms with Crippen molar-refractivity contribution in [2.75, 3.05) is 5.73 Å². The largest absolute Gasteiger partial charge is 0.398 e. The van der Waals surface area contributed by atoms with E-state index in [1.54, 1.807) is 0 Å². The summed E-state index contributed by atoms with van der Waals surface area (Å²) in [6.45, 7) is 4.00. The molecular formula is C9H13N3O3. The molecule has 0 aliphatic carbocycles. The van der Waals surface area contributed by atoms with Crippen LogP contribution in [-0.2, 0) is 0 Å². The Labute approximate surface area is 87.0 Å². The van der Waals surface area contributed by atoms with E-state index in [1.165, 1.54) is 12.1 Å². The fourth-order valence-electron chi connectivity index (χ4n) is 0.871. The molecule has 0 aromatic heterocycles. The van der Waals surface area contributed by atoms with Crippen LogP contribution in [0.1, 0.15) is 24.2 Å². The molecule has 1 aromatic rings. The zero-order chi connectivity index (χ0) is 12.0. The second-order valence-electron chi connectivity index (χ2n) is 2.39. The van der Waals surface area contributed by atoms with Crippen LogP contribution in [0.15, 0.2) is 18.2 Å². The molecule has 0 saturated heterocycles. The van der Waals surface area contributed by atoms with E-state index in [2.05, 4.69) is 0 Å². The Kier molecular flexibility index (Phi) is 4.80. The van der Waals surface area contributed by atoms with Gasteiger partial charge in [-0.3, -0.25) is 14.9 Å². The van der Waals surface area contributed by atoms with Gasteiger partial charge >= 0.3 is 0 Å². The first kappa shape index (κ1) is 12.9. The van der Waals surface area contributed by atoms with Crippen molar-refractivity contribution in [3.05, 3.63) is 33.9 Å². The van der Waals surface area contributed by atoms with Crippen LogP contribution in [0.2, 0.25) is 0 Å². The number of carbonyl (C=O) groups is 1. The molecule has 0 radical (unpaired) electrons. The Morgan fingerprint density at radius 1 is 1.40 bits per heavy atom. The van der Waals surface area contributed by atoms with Crippen molar-refractivity contribution in [2.24, 2.45) is 5.73 Å². The number of nitrogens with zero attached hydrogens (tertiary/aromatic N) is 1. The van der Waals surface area contributed by atoms with Gasteiger partial charge in [0, 0.05) is 17.8 Å². The smallest absolute Gasteiger partial charge is 0.270 e. The Bertz CT molecular complexity index is 377. The number of nitro benzene ring substituents is 1. The Morgan fingerprint density at radius 2 is 1.93 bits per heavy atom. The van der Waals surface area contributed by atoms with Gasteiger partial charge in [0.05, 0.1) is 10.5 Å². The number of non-ortho nitro benzene ring substituents is 1. The summed E-state index contributed by atoms with van der Waals surface area (Å²) in [5.74, 6) is -0.777. The molecular weight excluding hydrogens is 198 g/mol. The quantitative estimate of drug-likeness (QED) is 0.436. The van der Waals surface area contributed by atoms with E-state index in [9.17, 15) is 14.9 Å². The van der Waals surface area contributed by atoms with Crippen molar-refractivity contribution in [3.63, 3.8) is 0 Å². The maximum atomic E-state index is 10.7. The zero-order valence-corrected chi connectivity index (χ0v) is 8.56. The number of hydrogen-bond acceptors (Lipinski definition) is 4. The average Bonchev–Trinajstić information content (AvgIpc) is 2.20. The van der Waals surface area contributed by atoms with E-state index in [-0.39, 0.29) is 16.9 Å². The number of nitrogen functional groups attached to an aromatic ring is 1. The fourth-order valence-corrected chi connectivity index (χ4v) is 0.871. The van der Waals surface area contributed by atoms with Crippen LogP contribution < -0.4 is 11.5 Å². The number of amides is 1. The highest BCUT2D eigenvalue weighted by atomic mass is 16.6. The zero-order valence-electron chi connectivity index (χ0n) is 8.56. The van der Waals surface area contributed by atoms with Crippen molar-refractivity contribution >= 4 is 17.3 Å². The van der Waals surface area contributed by atoms with Gasteiger partial charge in [0.15, 0.2) is 0 Å². The molecule has 0 spiro atoms. The molecule has 0 bridgehead atoms. The summed E-state index contributed by atoms with van der Waals surface area (Å²) in [4.78, 5) is 20.4. The number of carbonyl (C=O) groups excluding carboxylic acids is 1. The third-order valence-electron chi connectivity index (χ3n) is 1.51. The van der Waals surface area contributed by atoms with Gasteiger partial charge in [0.25, 0.3) is 11.6 Å². The highest BCUT2D eigenvalue weighted by Gasteiger charge is 2.12. The standard InChI is InChI=1S/C7H7N3O3.C2H6/c8-6-2-1-4(10(12)13)3-5(6)7(9)11;1-2/h1-3H,8H2,(H2,9,11);1-2H3. The lowest BCUT2D eigenvalue weighted by atomic mass is 10.1. The number of anilines is 1. The van der Waals surface area contributed by atoms with E-state index in [0.29, 0.717) is 0 Å². The van der Waals surface area contributed by atoms with Crippen LogP contribution in [0.3, 0.4) is 0 Å². The predicted molar refractivity (Wildman–Crippen MR) is 57.4 cm³/mol. The van der Waals surface area contributed by atoms with Crippen LogP contribution in [-0.4, -0.2) is 10.8 Å². The van der Waals surface area contributed by atoms with E-state index >= 15 is 0 Å². The van der Waals surface area contributed by atoms with Crippen LogP contribution in [0.25, 0.3) is 0 Å². The summed E-state index contributed by atoms with van der Waals surface area (Å²) in [5.41, 5.74) is 10.2. The maximum absolute atomic E-state index is 10.7. The molecule has 0 fully saturated rings. The molecule has 0 heterocycles. The summed E-state index contributed by atoms with van der Waals surface area (Å²) in [6.07, 6.45) is 0. The molecule has 82 valence electrons. The lowest BCUT2D eigenvalue weighted by Gasteiger charge is -1.99. The summed E-state index contributed by atoms with van der Waals surface area (Å²) in [6, 6.07) is 3.54. The fraction of sp³-hybridized carbons (Fsp3) is 0.222. The van der Waals surface area contributed by atoms with E-state index in [0.717, 1.165) is 6.07 Å². The molecule has 6 nitrogen and oxygen atoms in total. The third kappa shape index (κ3) is 3.26. The molecule has 1 rings (SSSR count). The highest BCUT2D eigenvalue weighted by molar-refractivity contribution is 5.98. The summed E-state index contributed by atoms with van der Waals surface area (Å²) in [5, 5.41) is 10.3. The van der Waals surface area contributed by atoms with Gasteiger partial charge in [-0.05, 0) is 6.07 Å². The minimum absolute atomic E-state index is 0.0331. The van der Waals surface area contributed by atoms with E-state index in [1.807, 2.05) is 13.8 Å². The topological polar surface area (TPSA) is 112 Å². The van der Waals surface area contributed by atoms with E-state index < -0.39 is 10.8 Å². The average molecular weight is 211 g/mol. The van der Waals surface area contributed by atoms with Crippen molar-refractivity contribution in [3.8, 4) is 0 Å². The van der Waals surface area contributed by atoms with Crippen LogP contribution in [0, 0.1) is 10.1 Å². The van der Waals surface area contributed by atoms with E-state index in [4.69, 9.17) is 11.5 Å². The van der Waals surface area contributed by atoms with Gasteiger partial charge in [0.1, 0.15) is 0 Å². The molecule has 0 aliphatic rings. The Balaban J connectivity index is 0.000000921. The SMILES string of the molecule is CC.NC(=O)c1cc([N+](=O)[O-])ccc1N. The van der Waals surface area contributed by atoms with Gasteiger partial charge in [-0.25, -0.2) is 0 Å². The van der Waals surface area contributed by atoms with Crippen LogP contribution in [0.5, 0.6) is 0 Å². The third-order valence-corrected chi connectivity index (χ3v) is 1.51. The number of nitro groups is 1. The minimum Gasteiger partial charge on any atom is -0.398 e. The molecule has 15 heavy (non-hydrogen) atoms. The lowest BCUT2D eigenvalue weighted by molar-refractivity contribution is -0.384. The first-order chi connectivity index (χ1) is 7.02. The molecule has 0 unspecified atom stereocenters. The number of nitrogens with two attached hydrogens (primary N) is 2. The maximum Gasteiger partial charge on any atom is 0.270 e. The molecule has 1 amide bonds. The van der Waals surface area contributed by atoms with Crippen molar-refractivity contribution in [2.45, 2.75) is 13.8 Å². The van der Waals surface area contributed by atoms with Gasteiger partial charge in [-0.15, -0.1) is 0 Å². The predicted octanol–water partition coefficient (Wildman–Crippen LogP) is 1.30. The van der Waals surface area contributed by atoms with Gasteiger partial charge < -0.3 is 11.5 Å². The van der Waals surface area contributed by atoms with Gasteiger partial charge in [0.2, 0.25) is 0 Å². The van der Waals surface area contributed by atoms with Crippen molar-refractivity contribution in [1.82, 2.24) is 0 Å². The van der Waals surface area contributed by atoms with Gasteiger partial charge in [-0.1, -0.05) is 13.8 Å². The van der Waals surface area contributed by atoms with Gasteiger partial charge in [-0.2, -0.15) is 0 Å². The number of hydrogen-bond donors (Lipinski definition) is 2. The summed E-state index contributed by atoms with van der Waals surface area (Å²) >= 11 is 0. The Morgan fingerprint density at radius 3 is 2.33 bits per heavy atom. The first-order valence-corrected chi connectivity index (χ1v) is 4.36. The summed E-state index contributed by atoms with van der Waals surface area (Å²) in [7, 11) is 0. The second-order valence-corrected chi connectivity index (χ2v) is 2.39. The number of benzene rings is 1. The molecule has 6 heteroatoms. The van der Waals surface area contributed by atoms with Crippen LogP contribution >= 0.6 is 0 Å². The molecule has 0 atom stereocenters. The molecule has 0 saturated carbocycles. The lowest BCUT2D eigenvalue weighted by Crippen LogP contribution is -2.13. The van der Waals surface area contributed by atoms with Crippen molar-refractivity contribution < 1.29 is 9.72 Å². The second kappa shape index (κ2) is 5.58. The monoisotopic (exact) mass is 211 g/mol. The molecule has 4 N–H and O–H groups in total. The summed E-state index contributed by atoms with van der Waals surface area (Å²) < 4.78 is 0. The number of rotatable bonds is 2. The molecule has 1 aromatic carbocycles. The Hall–Kier alpha value is -2.11. The number of primary amides is 1.